The second-order valence-electron chi connectivity index (χ2n) is 7.41. The van der Waals surface area contributed by atoms with Crippen LogP contribution in [0.25, 0.3) is 0 Å². The van der Waals surface area contributed by atoms with Gasteiger partial charge in [-0.05, 0) is 6.92 Å². The van der Waals surface area contributed by atoms with Crippen molar-refractivity contribution in [3.05, 3.63) is 32.6 Å². The van der Waals surface area contributed by atoms with Gasteiger partial charge >= 0.3 is 41.2 Å². The molecule has 1 aromatic rings. The first kappa shape index (κ1) is 31.5. The zero-order valence-corrected chi connectivity index (χ0v) is 20.8. The number of phosphoric acid groups is 3. The monoisotopic (exact) mass is 607 g/mol. The molecule has 2 heterocycles. The van der Waals surface area contributed by atoms with Crippen LogP contribution in [0, 0.1) is 6.92 Å². The first-order valence-corrected chi connectivity index (χ1v) is 13.9. The van der Waals surface area contributed by atoms with Crippen LogP contribution in [0.2, 0.25) is 0 Å². The average Bonchev–Trinajstić information content (AvgIpc) is 3.00. The summed E-state index contributed by atoms with van der Waals surface area (Å²) in [4.78, 5) is 72.8. The van der Waals surface area contributed by atoms with Crippen molar-refractivity contribution in [3.8, 4) is 0 Å². The van der Waals surface area contributed by atoms with Crippen LogP contribution in [0.15, 0.2) is 15.8 Å². The Morgan fingerprint density at radius 2 is 1.81 bits per heavy atom. The lowest BCUT2D eigenvalue weighted by Crippen LogP contribution is -2.54. The van der Waals surface area contributed by atoms with E-state index in [1.54, 1.807) is 0 Å². The molecule has 0 bridgehead atoms. The average molecular weight is 607 g/mol. The molecule has 1 fully saturated rings. The lowest BCUT2D eigenvalue weighted by atomic mass is 9.97. The minimum Gasteiger partial charge on any atom is -0.390 e. The topological polar surface area (TPSA) is 273 Å². The van der Waals surface area contributed by atoms with Gasteiger partial charge in [0.2, 0.25) is 0 Å². The van der Waals surface area contributed by atoms with E-state index in [0.29, 0.717) is 4.57 Å². The number of aliphatic hydroxyl groups is 1. The lowest BCUT2D eigenvalue weighted by Gasteiger charge is -2.32. The number of ether oxygens (including phenoxy) is 1. The third-order valence-corrected chi connectivity index (χ3v) is 8.34. The molecule has 5 atom stereocenters. The highest BCUT2D eigenvalue weighted by Crippen LogP contribution is 2.66. The molecule has 7 N–H and O–H groups in total. The summed E-state index contributed by atoms with van der Waals surface area (Å²) in [6.45, 7) is -1.48. The highest BCUT2D eigenvalue weighted by Gasteiger charge is 2.53. The van der Waals surface area contributed by atoms with Gasteiger partial charge in [-0.25, -0.2) is 18.5 Å². The van der Waals surface area contributed by atoms with Crippen LogP contribution < -0.4 is 16.6 Å². The summed E-state index contributed by atoms with van der Waals surface area (Å²) in [5.41, 5.74) is -4.47. The number of carbonyl (C=O) groups is 1. The number of rotatable bonds is 10. The Morgan fingerprint density at radius 1 is 1.22 bits per heavy atom. The summed E-state index contributed by atoms with van der Waals surface area (Å²) < 4.78 is 89.7. The van der Waals surface area contributed by atoms with Crippen molar-refractivity contribution in [1.82, 2.24) is 14.9 Å². The molecule has 0 aliphatic carbocycles. The molecular weight excluding hydrogens is 588 g/mol. The van der Waals surface area contributed by atoms with Gasteiger partial charge in [0.25, 0.3) is 5.56 Å². The SMILES string of the molecule is Cc1cn([C@H]2C[C@H](O)[C@@](CNC(=O)C(F)(F)F)(COP(=O)(O)OP(=O)(O)OP(=O)(O)O)O2)c(=O)[nH]c1=O. The van der Waals surface area contributed by atoms with E-state index in [2.05, 4.69) is 13.1 Å². The Hall–Kier alpha value is -1.73. The van der Waals surface area contributed by atoms with E-state index in [1.807, 2.05) is 4.98 Å². The number of nitrogens with zero attached hydrogens (tertiary/aromatic N) is 1. The fraction of sp³-hybridized carbons (Fsp3) is 0.615. The molecule has 0 spiro atoms. The van der Waals surface area contributed by atoms with Crippen molar-refractivity contribution in [2.24, 2.45) is 0 Å². The predicted octanol–water partition coefficient (Wildman–Crippen LogP) is -1.11. The number of H-pyrrole nitrogens is 1. The van der Waals surface area contributed by atoms with Gasteiger partial charge in [-0.15, -0.1) is 0 Å². The number of halogens is 3. The first-order chi connectivity index (χ1) is 16.6. The Morgan fingerprint density at radius 3 is 2.35 bits per heavy atom. The maximum atomic E-state index is 12.7. The van der Waals surface area contributed by atoms with Gasteiger partial charge in [0, 0.05) is 18.2 Å². The molecule has 2 rings (SSSR count). The normalized spacial score (nSPS) is 25.9. The van der Waals surface area contributed by atoms with E-state index in [0.717, 1.165) is 6.20 Å². The number of aromatic nitrogens is 2. The van der Waals surface area contributed by atoms with Gasteiger partial charge in [0.1, 0.15) is 11.8 Å². The van der Waals surface area contributed by atoms with Crippen LogP contribution in [0.3, 0.4) is 0 Å². The molecule has 2 unspecified atom stereocenters. The molecule has 0 saturated carbocycles. The minimum absolute atomic E-state index is 0.0335. The molecular formula is C13H19F3N3O15P3. The van der Waals surface area contributed by atoms with Crippen molar-refractivity contribution in [2.75, 3.05) is 13.2 Å². The number of alkyl halides is 3. The molecule has 1 aromatic heterocycles. The molecule has 0 radical (unpaired) electrons. The highest BCUT2D eigenvalue weighted by molar-refractivity contribution is 7.66. The van der Waals surface area contributed by atoms with Gasteiger partial charge in [0.15, 0.2) is 0 Å². The Balaban J connectivity index is 2.34. The number of aryl methyl sites for hydroxylation is 1. The fourth-order valence-corrected chi connectivity index (χ4v) is 6.01. The number of aromatic amines is 1. The number of carbonyl (C=O) groups excluding carboxylic acids is 1. The summed E-state index contributed by atoms with van der Waals surface area (Å²) in [5.74, 6) is -2.54. The first-order valence-electron chi connectivity index (χ1n) is 9.37. The quantitative estimate of drug-likeness (QED) is 0.155. The molecule has 212 valence electrons. The highest BCUT2D eigenvalue weighted by atomic mass is 31.3. The molecule has 1 amide bonds. The summed E-state index contributed by atoms with van der Waals surface area (Å²) in [6.07, 6.45) is -8.59. The fourth-order valence-electron chi connectivity index (χ4n) is 2.94. The maximum Gasteiger partial charge on any atom is 0.490 e. The summed E-state index contributed by atoms with van der Waals surface area (Å²) in [5, 5.41) is 11.9. The number of hydrogen-bond acceptors (Lipinski definition) is 11. The standard InChI is InChI=1S/C13H19F3N3O15P3/c1-6-3-19(11(23)18-9(6)21)8-2-7(20)12(32-8,4-17-10(22)13(14,15)16)5-31-36(27,28)34-37(29,30)33-35(24,25)26/h3,7-8,20H,2,4-5H2,1H3,(H,17,22)(H,27,28)(H,29,30)(H,18,21,23)(H2,24,25,26)/t7-,8+,12+/m0/s1. The van der Waals surface area contributed by atoms with Crippen LogP contribution in [-0.4, -0.2) is 71.2 Å². The largest absolute Gasteiger partial charge is 0.490 e. The van der Waals surface area contributed by atoms with E-state index < -0.39 is 84.3 Å². The Bertz CT molecular complexity index is 1290. The maximum absolute atomic E-state index is 12.7. The van der Waals surface area contributed by atoms with E-state index in [9.17, 15) is 56.1 Å². The van der Waals surface area contributed by atoms with E-state index >= 15 is 0 Å². The predicted molar refractivity (Wildman–Crippen MR) is 108 cm³/mol. The van der Waals surface area contributed by atoms with Crippen LogP contribution in [-0.2, 0) is 36.4 Å². The minimum atomic E-state index is -5.97. The third-order valence-electron chi connectivity index (χ3n) is 4.55. The van der Waals surface area contributed by atoms with Crippen molar-refractivity contribution in [1.29, 1.82) is 0 Å². The van der Waals surface area contributed by atoms with Crippen LogP contribution >= 0.6 is 23.5 Å². The van der Waals surface area contributed by atoms with Crippen molar-refractivity contribution in [2.45, 2.75) is 37.5 Å². The van der Waals surface area contributed by atoms with E-state index in [-0.39, 0.29) is 5.56 Å². The third kappa shape index (κ3) is 8.64. The molecule has 1 aliphatic heterocycles. The molecule has 1 aliphatic rings. The van der Waals surface area contributed by atoms with Gasteiger partial charge in [-0.1, -0.05) is 0 Å². The number of phosphoric ester groups is 1. The summed E-state index contributed by atoms with van der Waals surface area (Å²) >= 11 is 0. The number of amides is 1. The molecule has 1 saturated heterocycles. The van der Waals surface area contributed by atoms with Gasteiger partial charge in [-0.3, -0.25) is 23.7 Å². The van der Waals surface area contributed by atoms with Crippen LogP contribution in [0.5, 0.6) is 0 Å². The molecule has 18 nitrogen and oxygen atoms in total. The zero-order chi connectivity index (χ0) is 28.6. The molecule has 0 aromatic carbocycles. The summed E-state index contributed by atoms with van der Waals surface area (Å²) in [6, 6.07) is 0. The number of aliphatic hydroxyl groups excluding tert-OH is 1. The van der Waals surface area contributed by atoms with Crippen molar-refractivity contribution < 1.29 is 74.2 Å². The van der Waals surface area contributed by atoms with Crippen molar-refractivity contribution in [3.63, 3.8) is 0 Å². The van der Waals surface area contributed by atoms with Crippen molar-refractivity contribution >= 4 is 29.4 Å². The Kier molecular flexibility index (Phi) is 9.19. The van der Waals surface area contributed by atoms with Gasteiger partial charge in [-0.2, -0.15) is 21.8 Å². The molecule has 24 heteroatoms. The second-order valence-corrected chi connectivity index (χ2v) is 11.8. The second kappa shape index (κ2) is 10.8. The van der Waals surface area contributed by atoms with Gasteiger partial charge < -0.3 is 34.7 Å². The number of nitrogens with one attached hydrogen (secondary N) is 2. The van der Waals surface area contributed by atoms with E-state index in [1.165, 1.54) is 12.2 Å². The molecule has 37 heavy (non-hydrogen) atoms. The summed E-state index contributed by atoms with van der Waals surface area (Å²) in [7, 11) is -17.5. The zero-order valence-electron chi connectivity index (χ0n) is 18.1. The smallest absolute Gasteiger partial charge is 0.390 e. The van der Waals surface area contributed by atoms with Gasteiger partial charge in [0.05, 0.1) is 19.3 Å². The lowest BCUT2D eigenvalue weighted by molar-refractivity contribution is -0.177. The van der Waals surface area contributed by atoms with Crippen LogP contribution in [0.4, 0.5) is 13.2 Å². The van der Waals surface area contributed by atoms with Crippen LogP contribution in [0.1, 0.15) is 18.2 Å². The van der Waals surface area contributed by atoms with E-state index in [4.69, 9.17) is 14.5 Å². The Labute approximate surface area is 202 Å². The number of hydrogen-bond donors (Lipinski definition) is 7.